The standard InChI is InChI=1S/C24H18ClF4N5O2/c1-12-31-17-10-20(33-22(21(17)23(35)32-12)15-3-2-14(25)9-16(15)26)34-6-7-36-18(11-34)13-4-5-30-19(8-13)24(27,28)29/h2-5,8-10,18H,6-7,11H2,1H3,(H,31,32,35)/t18-/m1/s1. The molecule has 1 aliphatic heterocycles. The van der Waals surface area contributed by atoms with Crippen molar-refractivity contribution in [3.8, 4) is 11.3 Å². The van der Waals surface area contributed by atoms with E-state index in [1.54, 1.807) is 17.9 Å². The van der Waals surface area contributed by atoms with Crippen LogP contribution in [0.3, 0.4) is 0 Å². The van der Waals surface area contributed by atoms with E-state index in [0.717, 1.165) is 18.3 Å². The third kappa shape index (κ3) is 4.63. The van der Waals surface area contributed by atoms with Crippen LogP contribution in [-0.4, -0.2) is 39.6 Å². The average Bonchev–Trinajstić information content (AvgIpc) is 2.83. The molecule has 12 heteroatoms. The third-order valence-corrected chi connectivity index (χ3v) is 6.05. The van der Waals surface area contributed by atoms with E-state index in [2.05, 4.69) is 19.9 Å². The fraction of sp³-hybridized carbons (Fsp3) is 0.250. The Morgan fingerprint density at radius 2 is 1.97 bits per heavy atom. The van der Waals surface area contributed by atoms with Gasteiger partial charge in [0.25, 0.3) is 5.56 Å². The Labute approximate surface area is 206 Å². The van der Waals surface area contributed by atoms with Gasteiger partial charge in [-0.05, 0) is 42.8 Å². The zero-order valence-electron chi connectivity index (χ0n) is 18.7. The minimum Gasteiger partial charge on any atom is -0.370 e. The highest BCUT2D eigenvalue weighted by Crippen LogP contribution is 2.34. The van der Waals surface area contributed by atoms with Gasteiger partial charge in [0.1, 0.15) is 29.3 Å². The fourth-order valence-electron chi connectivity index (χ4n) is 4.17. The van der Waals surface area contributed by atoms with Gasteiger partial charge >= 0.3 is 6.18 Å². The van der Waals surface area contributed by atoms with Gasteiger partial charge in [-0.25, -0.2) is 14.4 Å². The van der Waals surface area contributed by atoms with Gasteiger partial charge in [0, 0.05) is 35.9 Å². The molecule has 3 aromatic heterocycles. The fourth-order valence-corrected chi connectivity index (χ4v) is 4.32. The number of hydrogen-bond acceptors (Lipinski definition) is 6. The minimum atomic E-state index is -4.58. The number of ether oxygens (including phenoxy) is 1. The first kappa shape index (κ1) is 24.1. The van der Waals surface area contributed by atoms with E-state index in [1.165, 1.54) is 18.2 Å². The highest BCUT2D eigenvalue weighted by atomic mass is 35.5. The average molecular weight is 520 g/mol. The molecule has 36 heavy (non-hydrogen) atoms. The number of hydrogen-bond donors (Lipinski definition) is 1. The number of nitrogens with zero attached hydrogens (tertiary/aromatic N) is 4. The van der Waals surface area contributed by atoms with Crippen molar-refractivity contribution < 1.29 is 22.3 Å². The maximum atomic E-state index is 14.9. The second kappa shape index (κ2) is 9.14. The number of pyridine rings is 2. The van der Waals surface area contributed by atoms with Gasteiger partial charge in [-0.3, -0.25) is 9.78 Å². The van der Waals surface area contributed by atoms with Crippen LogP contribution < -0.4 is 10.5 Å². The molecule has 0 amide bonds. The number of H-pyrrole nitrogens is 1. The Morgan fingerprint density at radius 3 is 2.72 bits per heavy atom. The number of rotatable bonds is 3. The van der Waals surface area contributed by atoms with Crippen LogP contribution in [0.25, 0.3) is 22.2 Å². The van der Waals surface area contributed by atoms with E-state index in [-0.39, 0.29) is 34.8 Å². The first-order valence-corrected chi connectivity index (χ1v) is 11.2. The molecule has 1 aliphatic rings. The zero-order chi connectivity index (χ0) is 25.6. The van der Waals surface area contributed by atoms with E-state index >= 15 is 0 Å². The number of morpholine rings is 1. The van der Waals surface area contributed by atoms with E-state index in [4.69, 9.17) is 16.3 Å². The second-order valence-corrected chi connectivity index (χ2v) is 8.71. The molecule has 186 valence electrons. The van der Waals surface area contributed by atoms with Gasteiger partial charge in [-0.1, -0.05) is 11.6 Å². The summed E-state index contributed by atoms with van der Waals surface area (Å²) < 4.78 is 60.1. The first-order valence-electron chi connectivity index (χ1n) is 10.9. The molecule has 0 unspecified atom stereocenters. The summed E-state index contributed by atoms with van der Waals surface area (Å²) in [6, 6.07) is 8.07. The van der Waals surface area contributed by atoms with Gasteiger partial charge in [0.05, 0.1) is 23.2 Å². The number of halogens is 5. The summed E-state index contributed by atoms with van der Waals surface area (Å²) in [5.74, 6) is 0.0796. The number of alkyl halides is 3. The smallest absolute Gasteiger partial charge is 0.370 e. The molecule has 0 spiro atoms. The zero-order valence-corrected chi connectivity index (χ0v) is 19.5. The highest BCUT2D eigenvalue weighted by Gasteiger charge is 2.34. The van der Waals surface area contributed by atoms with Gasteiger partial charge < -0.3 is 14.6 Å². The highest BCUT2D eigenvalue weighted by molar-refractivity contribution is 6.30. The molecule has 4 heterocycles. The van der Waals surface area contributed by atoms with Crippen LogP contribution in [0.5, 0.6) is 0 Å². The van der Waals surface area contributed by atoms with Crippen molar-refractivity contribution >= 4 is 28.3 Å². The molecular formula is C24H18ClF4N5O2. The third-order valence-electron chi connectivity index (χ3n) is 5.82. The van der Waals surface area contributed by atoms with E-state index in [9.17, 15) is 22.4 Å². The molecule has 1 fully saturated rings. The summed E-state index contributed by atoms with van der Waals surface area (Å²) in [6.07, 6.45) is -4.18. The summed E-state index contributed by atoms with van der Waals surface area (Å²) in [5.41, 5.74) is -0.719. The topological polar surface area (TPSA) is 84.0 Å². The van der Waals surface area contributed by atoms with Crippen molar-refractivity contribution in [2.24, 2.45) is 0 Å². The van der Waals surface area contributed by atoms with Crippen LogP contribution in [0.4, 0.5) is 23.4 Å². The summed E-state index contributed by atoms with van der Waals surface area (Å²) in [7, 11) is 0. The molecular weight excluding hydrogens is 502 g/mol. The monoisotopic (exact) mass is 519 g/mol. The minimum absolute atomic E-state index is 0.0659. The van der Waals surface area contributed by atoms with Gasteiger partial charge in [-0.2, -0.15) is 13.2 Å². The lowest BCUT2D eigenvalue weighted by molar-refractivity contribution is -0.141. The van der Waals surface area contributed by atoms with E-state index in [0.29, 0.717) is 29.3 Å². The SMILES string of the molecule is Cc1nc2cc(N3CCO[C@@H](c4ccnc(C(F)(F)F)c4)C3)nc(-c3ccc(Cl)cc3F)c2c(=O)[nH]1. The molecule has 4 aromatic rings. The van der Waals surface area contributed by atoms with Crippen molar-refractivity contribution in [2.45, 2.75) is 19.2 Å². The molecule has 1 atom stereocenters. The predicted molar refractivity (Wildman–Crippen MR) is 125 cm³/mol. The maximum absolute atomic E-state index is 14.9. The summed E-state index contributed by atoms with van der Waals surface area (Å²) in [6.45, 7) is 2.37. The lowest BCUT2D eigenvalue weighted by Crippen LogP contribution is -2.39. The number of anilines is 1. The molecule has 7 nitrogen and oxygen atoms in total. The number of aryl methyl sites for hydroxylation is 1. The van der Waals surface area contributed by atoms with Gasteiger partial charge in [-0.15, -0.1) is 0 Å². The van der Waals surface area contributed by atoms with Crippen LogP contribution in [0.15, 0.2) is 47.4 Å². The normalized spacial score (nSPS) is 16.5. The Bertz CT molecular complexity index is 1530. The summed E-state index contributed by atoms with van der Waals surface area (Å²) >= 11 is 5.90. The van der Waals surface area contributed by atoms with Crippen LogP contribution in [0.1, 0.15) is 23.2 Å². The lowest BCUT2D eigenvalue weighted by atomic mass is 10.1. The van der Waals surface area contributed by atoms with Crippen molar-refractivity contribution in [2.75, 3.05) is 24.6 Å². The van der Waals surface area contributed by atoms with E-state index < -0.39 is 29.4 Å². The largest absolute Gasteiger partial charge is 0.433 e. The van der Waals surface area contributed by atoms with Crippen molar-refractivity contribution in [3.05, 3.63) is 80.9 Å². The number of aromatic amines is 1. The molecule has 0 saturated carbocycles. The van der Waals surface area contributed by atoms with Crippen molar-refractivity contribution in [3.63, 3.8) is 0 Å². The van der Waals surface area contributed by atoms with Crippen LogP contribution in [0, 0.1) is 12.7 Å². The lowest BCUT2D eigenvalue weighted by Gasteiger charge is -2.34. The molecule has 0 radical (unpaired) electrons. The Kier molecular flexibility index (Phi) is 6.13. The summed E-state index contributed by atoms with van der Waals surface area (Å²) in [4.78, 5) is 29.6. The van der Waals surface area contributed by atoms with Gasteiger partial charge in [0.15, 0.2) is 0 Å². The number of aromatic nitrogens is 4. The van der Waals surface area contributed by atoms with Gasteiger partial charge in [0.2, 0.25) is 0 Å². The maximum Gasteiger partial charge on any atom is 0.433 e. The first-order chi connectivity index (χ1) is 17.1. The molecule has 0 aliphatic carbocycles. The summed E-state index contributed by atoms with van der Waals surface area (Å²) in [5, 5.41) is 0.297. The molecule has 1 N–H and O–H groups in total. The molecule has 5 rings (SSSR count). The second-order valence-electron chi connectivity index (χ2n) is 8.28. The molecule has 1 saturated heterocycles. The van der Waals surface area contributed by atoms with Crippen molar-refractivity contribution in [1.29, 1.82) is 0 Å². The van der Waals surface area contributed by atoms with E-state index in [1.807, 2.05) is 0 Å². The number of fused-ring (bicyclic) bond motifs is 1. The van der Waals surface area contributed by atoms with Crippen molar-refractivity contribution in [1.82, 2.24) is 19.9 Å². The van der Waals surface area contributed by atoms with Crippen LogP contribution >= 0.6 is 11.6 Å². The number of nitrogens with one attached hydrogen (secondary N) is 1. The Morgan fingerprint density at radius 1 is 1.17 bits per heavy atom. The quantitative estimate of drug-likeness (QED) is 0.380. The predicted octanol–water partition coefficient (Wildman–Crippen LogP) is 5.08. The number of benzene rings is 1. The van der Waals surface area contributed by atoms with Crippen LogP contribution in [0.2, 0.25) is 5.02 Å². The molecule has 0 bridgehead atoms. The Hall–Kier alpha value is -3.57. The van der Waals surface area contributed by atoms with Crippen LogP contribution in [-0.2, 0) is 10.9 Å². The molecule has 1 aromatic carbocycles. The Balaban J connectivity index is 1.59.